The van der Waals surface area contributed by atoms with Gasteiger partial charge < -0.3 is 20.3 Å². The Morgan fingerprint density at radius 1 is 1.27 bits per heavy atom. The van der Waals surface area contributed by atoms with E-state index in [1.54, 1.807) is 7.11 Å². The first kappa shape index (κ1) is 25.4. The summed E-state index contributed by atoms with van der Waals surface area (Å²) in [6, 6.07) is 0.489. The molecule has 7 nitrogen and oxygen atoms in total. The van der Waals surface area contributed by atoms with Crippen LogP contribution in [0.1, 0.15) is 40.0 Å². The van der Waals surface area contributed by atoms with Gasteiger partial charge in [-0.3, -0.25) is 14.7 Å². The zero-order valence-corrected chi connectivity index (χ0v) is 19.3. The van der Waals surface area contributed by atoms with Crippen molar-refractivity contribution in [2.75, 3.05) is 59.5 Å². The van der Waals surface area contributed by atoms with Crippen LogP contribution in [-0.4, -0.2) is 87.2 Å². The van der Waals surface area contributed by atoms with Crippen LogP contribution in [0.5, 0.6) is 0 Å². The second-order valence-electron chi connectivity index (χ2n) is 6.29. The molecule has 2 N–H and O–H groups in total. The van der Waals surface area contributed by atoms with E-state index in [0.717, 1.165) is 51.8 Å². The molecule has 1 amide bonds. The summed E-state index contributed by atoms with van der Waals surface area (Å²) in [6.45, 7) is 12.7. The van der Waals surface area contributed by atoms with Crippen molar-refractivity contribution >= 4 is 35.8 Å². The molecule has 0 bridgehead atoms. The van der Waals surface area contributed by atoms with Crippen LogP contribution < -0.4 is 10.6 Å². The number of halogens is 1. The van der Waals surface area contributed by atoms with Crippen LogP contribution >= 0.6 is 24.0 Å². The summed E-state index contributed by atoms with van der Waals surface area (Å²) in [6.07, 6.45) is 2.91. The molecule has 0 saturated carbocycles. The Morgan fingerprint density at radius 3 is 2.62 bits per heavy atom. The van der Waals surface area contributed by atoms with Gasteiger partial charge in [0.15, 0.2) is 5.96 Å². The maximum absolute atomic E-state index is 12.1. The van der Waals surface area contributed by atoms with Gasteiger partial charge >= 0.3 is 0 Å². The molecule has 0 radical (unpaired) electrons. The van der Waals surface area contributed by atoms with Crippen molar-refractivity contribution < 1.29 is 9.53 Å². The minimum absolute atomic E-state index is 0. The molecule has 26 heavy (non-hydrogen) atoms. The van der Waals surface area contributed by atoms with Gasteiger partial charge in [0.05, 0.1) is 13.2 Å². The molecule has 0 aromatic rings. The summed E-state index contributed by atoms with van der Waals surface area (Å²) in [5.41, 5.74) is 0. The highest BCUT2D eigenvalue weighted by Crippen LogP contribution is 2.16. The quantitative estimate of drug-likeness (QED) is 0.265. The lowest BCUT2D eigenvalue weighted by Gasteiger charge is -2.23. The Bertz CT molecular complexity index is 405. The monoisotopic (exact) mass is 483 g/mol. The van der Waals surface area contributed by atoms with Crippen molar-refractivity contribution in [1.82, 2.24) is 20.4 Å². The van der Waals surface area contributed by atoms with Crippen molar-refractivity contribution in [3.8, 4) is 0 Å². The van der Waals surface area contributed by atoms with E-state index in [2.05, 4.69) is 22.5 Å². The molecule has 0 aromatic carbocycles. The van der Waals surface area contributed by atoms with Crippen molar-refractivity contribution in [1.29, 1.82) is 0 Å². The molecule has 1 unspecified atom stereocenters. The minimum atomic E-state index is 0. The number of amides is 1. The lowest BCUT2D eigenvalue weighted by molar-refractivity contribution is -0.130. The molecular formula is C18H38IN5O2. The number of carbonyl (C=O) groups is 1. The molecule has 1 aliphatic rings. The van der Waals surface area contributed by atoms with Crippen molar-refractivity contribution in [3.05, 3.63) is 0 Å². The van der Waals surface area contributed by atoms with E-state index in [9.17, 15) is 4.79 Å². The van der Waals surface area contributed by atoms with Crippen LogP contribution in [0, 0.1) is 0 Å². The van der Waals surface area contributed by atoms with Gasteiger partial charge in [-0.15, -0.1) is 24.0 Å². The molecular weight excluding hydrogens is 445 g/mol. The van der Waals surface area contributed by atoms with Crippen LogP contribution in [0.2, 0.25) is 0 Å². The van der Waals surface area contributed by atoms with E-state index in [1.165, 1.54) is 12.8 Å². The highest BCUT2D eigenvalue weighted by Gasteiger charge is 2.23. The molecule has 154 valence electrons. The standard InChI is InChI=1S/C18H37N5O2.HI/c1-5-19-18(20-11-10-17(24)22(6-2)7-3)21-15-16-9-8-12-23(16)13-14-25-4;/h16H,5-15H2,1-4H3,(H2,19,20,21);1H. The molecule has 0 aliphatic carbocycles. The summed E-state index contributed by atoms with van der Waals surface area (Å²) in [5.74, 6) is 0.989. The fraction of sp³-hybridized carbons (Fsp3) is 0.889. The topological polar surface area (TPSA) is 69.2 Å². The molecule has 1 rings (SSSR count). The number of nitrogens with one attached hydrogen (secondary N) is 2. The molecule has 1 saturated heterocycles. The number of methoxy groups -OCH3 is 1. The maximum Gasteiger partial charge on any atom is 0.224 e. The zero-order valence-electron chi connectivity index (χ0n) is 16.9. The molecule has 0 spiro atoms. The smallest absolute Gasteiger partial charge is 0.224 e. The largest absolute Gasteiger partial charge is 0.383 e. The van der Waals surface area contributed by atoms with E-state index >= 15 is 0 Å². The van der Waals surface area contributed by atoms with E-state index in [-0.39, 0.29) is 29.9 Å². The van der Waals surface area contributed by atoms with Crippen molar-refractivity contribution in [2.24, 2.45) is 4.99 Å². The normalized spacial score (nSPS) is 17.7. The third-order valence-electron chi connectivity index (χ3n) is 4.63. The molecule has 1 fully saturated rings. The van der Waals surface area contributed by atoms with Gasteiger partial charge in [-0.25, -0.2) is 0 Å². The molecule has 8 heteroatoms. The third kappa shape index (κ3) is 9.36. The highest BCUT2D eigenvalue weighted by molar-refractivity contribution is 14.0. The van der Waals surface area contributed by atoms with Crippen LogP contribution in [0.15, 0.2) is 4.99 Å². The number of ether oxygens (including phenoxy) is 1. The number of nitrogens with zero attached hydrogens (tertiary/aromatic N) is 3. The molecule has 1 aliphatic heterocycles. The Morgan fingerprint density at radius 2 is 2.00 bits per heavy atom. The first-order chi connectivity index (χ1) is 12.2. The van der Waals surface area contributed by atoms with Gasteiger partial charge in [0, 0.05) is 52.3 Å². The Hall–Kier alpha value is -0.610. The Balaban J connectivity index is 0.00000625. The van der Waals surface area contributed by atoms with E-state index in [0.29, 0.717) is 19.0 Å². The van der Waals surface area contributed by atoms with Crippen molar-refractivity contribution in [3.63, 3.8) is 0 Å². The average Bonchev–Trinajstić information content (AvgIpc) is 3.06. The fourth-order valence-corrected chi connectivity index (χ4v) is 3.17. The van der Waals surface area contributed by atoms with Gasteiger partial charge in [0.2, 0.25) is 5.91 Å². The van der Waals surface area contributed by atoms with Gasteiger partial charge in [0.1, 0.15) is 0 Å². The van der Waals surface area contributed by atoms with Gasteiger partial charge in [-0.1, -0.05) is 0 Å². The van der Waals surface area contributed by atoms with Gasteiger partial charge in [-0.05, 0) is 40.2 Å². The number of hydrogen-bond acceptors (Lipinski definition) is 4. The predicted octanol–water partition coefficient (Wildman–Crippen LogP) is 1.53. The second kappa shape index (κ2) is 15.4. The summed E-state index contributed by atoms with van der Waals surface area (Å²) in [4.78, 5) is 21.1. The predicted molar refractivity (Wildman–Crippen MR) is 118 cm³/mol. The number of guanidine groups is 1. The summed E-state index contributed by atoms with van der Waals surface area (Å²) in [7, 11) is 1.75. The number of hydrogen-bond donors (Lipinski definition) is 2. The number of rotatable bonds is 11. The fourth-order valence-electron chi connectivity index (χ4n) is 3.17. The van der Waals surface area contributed by atoms with Gasteiger partial charge in [0.25, 0.3) is 0 Å². The number of aliphatic imine (C=N–C) groups is 1. The minimum Gasteiger partial charge on any atom is -0.383 e. The van der Waals surface area contributed by atoms with Crippen LogP contribution in [0.3, 0.4) is 0 Å². The number of likely N-dealkylation sites (tertiary alicyclic amines) is 1. The van der Waals surface area contributed by atoms with E-state index in [1.807, 2.05) is 18.7 Å². The third-order valence-corrected chi connectivity index (χ3v) is 4.63. The lowest BCUT2D eigenvalue weighted by atomic mass is 10.2. The first-order valence-electron chi connectivity index (χ1n) is 9.69. The Kier molecular flexibility index (Phi) is 15.1. The first-order valence-corrected chi connectivity index (χ1v) is 9.69. The zero-order chi connectivity index (χ0) is 18.5. The van der Waals surface area contributed by atoms with Crippen LogP contribution in [0.25, 0.3) is 0 Å². The van der Waals surface area contributed by atoms with E-state index < -0.39 is 0 Å². The summed E-state index contributed by atoms with van der Waals surface area (Å²) in [5, 5.41) is 6.55. The van der Waals surface area contributed by atoms with Crippen LogP contribution in [-0.2, 0) is 9.53 Å². The molecule has 1 atom stereocenters. The maximum atomic E-state index is 12.1. The van der Waals surface area contributed by atoms with Crippen molar-refractivity contribution in [2.45, 2.75) is 46.1 Å². The van der Waals surface area contributed by atoms with E-state index in [4.69, 9.17) is 9.73 Å². The molecule has 1 heterocycles. The van der Waals surface area contributed by atoms with Gasteiger partial charge in [-0.2, -0.15) is 0 Å². The highest BCUT2D eigenvalue weighted by atomic mass is 127. The lowest BCUT2D eigenvalue weighted by Crippen LogP contribution is -2.41. The molecule has 0 aromatic heterocycles. The Labute approximate surface area is 176 Å². The summed E-state index contributed by atoms with van der Waals surface area (Å²) >= 11 is 0. The number of carbonyl (C=O) groups excluding carboxylic acids is 1. The SMILES string of the molecule is CCNC(=NCC1CCCN1CCOC)NCCC(=O)N(CC)CC.I. The van der Waals surface area contributed by atoms with Crippen LogP contribution in [0.4, 0.5) is 0 Å². The average molecular weight is 483 g/mol. The summed E-state index contributed by atoms with van der Waals surface area (Å²) < 4.78 is 5.19. The second-order valence-corrected chi connectivity index (χ2v) is 6.29.